The number of unbranched alkanes of at least 4 members (excludes halogenated alkanes) is 56. The van der Waals surface area contributed by atoms with E-state index in [1.165, 1.54) is 321 Å². The fourth-order valence-electron chi connectivity index (χ4n) is 11.5. The molecule has 0 radical (unpaired) electrons. The topological polar surface area (TPSA) is 78.9 Å². The maximum Gasteiger partial charge on any atom is 0.306 e. The summed E-state index contributed by atoms with van der Waals surface area (Å²) in [6, 6.07) is 0. The highest BCUT2D eigenvalue weighted by atomic mass is 16.6. The maximum absolute atomic E-state index is 13.0. The second-order valence-electron chi connectivity index (χ2n) is 25.2. The summed E-state index contributed by atoms with van der Waals surface area (Å²) in [6.45, 7) is 6.71. The Morgan fingerprint density at radius 1 is 0.237 bits per heavy atom. The van der Waals surface area contributed by atoms with Gasteiger partial charge in [-0.15, -0.1) is 0 Å². The van der Waals surface area contributed by atoms with E-state index in [4.69, 9.17) is 14.2 Å². The van der Waals surface area contributed by atoms with Gasteiger partial charge in [0, 0.05) is 19.3 Å². The molecule has 0 rings (SSSR count). The first kappa shape index (κ1) is 78.1. The molecule has 0 bridgehead atoms. The highest BCUT2D eigenvalue weighted by molar-refractivity contribution is 5.71. The van der Waals surface area contributed by atoms with Crippen LogP contribution in [0.2, 0.25) is 0 Å². The van der Waals surface area contributed by atoms with Gasteiger partial charge in [0.15, 0.2) is 6.10 Å². The summed E-state index contributed by atoms with van der Waals surface area (Å²) in [7, 11) is 0. The van der Waals surface area contributed by atoms with Crippen molar-refractivity contribution >= 4 is 17.9 Å². The van der Waals surface area contributed by atoms with Crippen molar-refractivity contribution in [3.63, 3.8) is 0 Å². The van der Waals surface area contributed by atoms with Crippen molar-refractivity contribution in [1.82, 2.24) is 0 Å². The number of ether oxygens (including phenoxy) is 3. The van der Waals surface area contributed by atoms with Crippen LogP contribution < -0.4 is 0 Å². The third-order valence-corrected chi connectivity index (χ3v) is 17.0. The Kier molecular flexibility index (Phi) is 68.0. The van der Waals surface area contributed by atoms with Gasteiger partial charge in [-0.3, -0.25) is 14.4 Å². The smallest absolute Gasteiger partial charge is 0.306 e. The Bertz CT molecular complexity index is 1250. The van der Waals surface area contributed by atoms with Crippen molar-refractivity contribution in [3.8, 4) is 0 Å². The monoisotopic (exact) mass is 1130 g/mol. The third kappa shape index (κ3) is 66.9. The second kappa shape index (κ2) is 69.6. The molecule has 0 N–H and O–H groups in total. The first-order chi connectivity index (χ1) is 39.5. The molecule has 474 valence electrons. The Balaban J connectivity index is 4.15. The zero-order valence-corrected chi connectivity index (χ0v) is 54.6. The average Bonchev–Trinajstić information content (AvgIpc) is 3.46. The summed E-state index contributed by atoms with van der Waals surface area (Å²) in [4.78, 5) is 38.4. The van der Waals surface area contributed by atoms with Gasteiger partial charge >= 0.3 is 17.9 Å². The quantitative estimate of drug-likeness (QED) is 0.0261. The molecular weight excluding hydrogens is 985 g/mol. The van der Waals surface area contributed by atoms with E-state index in [1.54, 1.807) is 0 Å². The molecule has 0 fully saturated rings. The van der Waals surface area contributed by atoms with Crippen LogP contribution in [0.15, 0.2) is 12.2 Å². The van der Waals surface area contributed by atoms with Gasteiger partial charge in [0.2, 0.25) is 0 Å². The summed E-state index contributed by atoms with van der Waals surface area (Å²) < 4.78 is 17.0. The number of hydrogen-bond acceptors (Lipinski definition) is 6. The first-order valence-corrected chi connectivity index (χ1v) is 36.7. The van der Waals surface area contributed by atoms with Gasteiger partial charge in [-0.25, -0.2) is 0 Å². The highest BCUT2D eigenvalue weighted by Crippen LogP contribution is 2.20. The van der Waals surface area contributed by atoms with E-state index in [0.29, 0.717) is 19.3 Å². The fourth-order valence-corrected chi connectivity index (χ4v) is 11.5. The van der Waals surface area contributed by atoms with Crippen LogP contribution in [0.1, 0.15) is 425 Å². The summed E-state index contributed by atoms with van der Waals surface area (Å²) in [6.07, 6.45) is 84.1. The van der Waals surface area contributed by atoms with Crippen molar-refractivity contribution in [1.29, 1.82) is 0 Å². The van der Waals surface area contributed by atoms with Crippen LogP contribution >= 0.6 is 0 Å². The molecule has 0 amide bonds. The number of hydrogen-bond donors (Lipinski definition) is 0. The zero-order chi connectivity index (χ0) is 57.8. The first-order valence-electron chi connectivity index (χ1n) is 36.7. The summed E-state index contributed by atoms with van der Waals surface area (Å²) in [5.74, 6) is -0.839. The molecule has 0 aliphatic carbocycles. The van der Waals surface area contributed by atoms with Crippen LogP contribution in [0.4, 0.5) is 0 Å². The maximum atomic E-state index is 13.0. The van der Waals surface area contributed by atoms with Crippen molar-refractivity contribution in [2.24, 2.45) is 0 Å². The van der Waals surface area contributed by atoms with Gasteiger partial charge in [-0.05, 0) is 44.9 Å². The number of allylic oxidation sites excluding steroid dienone is 2. The molecule has 6 heteroatoms. The molecule has 1 unspecified atom stereocenters. The predicted molar refractivity (Wildman–Crippen MR) is 349 cm³/mol. The third-order valence-electron chi connectivity index (χ3n) is 17.0. The lowest BCUT2D eigenvalue weighted by atomic mass is 10.0. The Morgan fingerprint density at radius 3 is 0.650 bits per heavy atom. The molecule has 0 aromatic rings. The van der Waals surface area contributed by atoms with E-state index in [0.717, 1.165) is 64.2 Å². The lowest BCUT2D eigenvalue weighted by Crippen LogP contribution is -2.30. The molecule has 0 aromatic carbocycles. The zero-order valence-electron chi connectivity index (χ0n) is 54.6. The predicted octanol–water partition coefficient (Wildman–Crippen LogP) is 25.2. The highest BCUT2D eigenvalue weighted by Gasteiger charge is 2.20. The van der Waals surface area contributed by atoms with E-state index in [-0.39, 0.29) is 31.1 Å². The Labute approximate surface area is 501 Å². The number of carbonyl (C=O) groups excluding carboxylic acids is 3. The van der Waals surface area contributed by atoms with E-state index >= 15 is 0 Å². The van der Waals surface area contributed by atoms with E-state index in [9.17, 15) is 14.4 Å². The summed E-state index contributed by atoms with van der Waals surface area (Å²) >= 11 is 0. The molecule has 0 saturated carbocycles. The SMILES string of the molecule is CCCCC/C=C\CCCCCCCC(=O)OCC(COC(=O)CCCCCCCCCCCCCCCCCCCCCCCCCCCC)OC(=O)CCCCCCCCCCCCCCCCCCCCCCCCCC. The lowest BCUT2D eigenvalue weighted by molar-refractivity contribution is -0.167. The Hall–Kier alpha value is -1.85. The van der Waals surface area contributed by atoms with Crippen LogP contribution in [-0.4, -0.2) is 37.2 Å². The number of esters is 3. The molecule has 0 heterocycles. The molecule has 0 aliphatic heterocycles. The molecular formula is C74H142O6. The van der Waals surface area contributed by atoms with Crippen LogP contribution in [0.3, 0.4) is 0 Å². The minimum Gasteiger partial charge on any atom is -0.462 e. The number of carbonyl (C=O) groups is 3. The normalized spacial score (nSPS) is 12.0. The second-order valence-corrected chi connectivity index (χ2v) is 25.2. The minimum atomic E-state index is -0.770. The van der Waals surface area contributed by atoms with Gasteiger partial charge in [-0.1, -0.05) is 373 Å². The largest absolute Gasteiger partial charge is 0.462 e. The van der Waals surface area contributed by atoms with Crippen LogP contribution in [0.25, 0.3) is 0 Å². The molecule has 0 saturated heterocycles. The van der Waals surface area contributed by atoms with Gasteiger partial charge in [0.05, 0.1) is 0 Å². The van der Waals surface area contributed by atoms with Crippen molar-refractivity contribution in [3.05, 3.63) is 12.2 Å². The fraction of sp³-hybridized carbons (Fsp3) is 0.932. The van der Waals surface area contributed by atoms with Gasteiger partial charge < -0.3 is 14.2 Å². The summed E-state index contributed by atoms with van der Waals surface area (Å²) in [5, 5.41) is 0. The van der Waals surface area contributed by atoms with Crippen LogP contribution in [0, 0.1) is 0 Å². The molecule has 6 nitrogen and oxygen atoms in total. The molecule has 1 atom stereocenters. The van der Waals surface area contributed by atoms with Crippen LogP contribution in [0.5, 0.6) is 0 Å². The van der Waals surface area contributed by atoms with Crippen molar-refractivity contribution in [2.75, 3.05) is 13.2 Å². The van der Waals surface area contributed by atoms with Gasteiger partial charge in [0.25, 0.3) is 0 Å². The van der Waals surface area contributed by atoms with Crippen molar-refractivity contribution in [2.45, 2.75) is 431 Å². The molecule has 0 aliphatic rings. The van der Waals surface area contributed by atoms with E-state index in [2.05, 4.69) is 32.9 Å². The summed E-state index contributed by atoms with van der Waals surface area (Å²) in [5.41, 5.74) is 0. The molecule has 0 spiro atoms. The van der Waals surface area contributed by atoms with Crippen LogP contribution in [-0.2, 0) is 28.6 Å². The average molecular weight is 1130 g/mol. The van der Waals surface area contributed by atoms with Crippen molar-refractivity contribution < 1.29 is 28.6 Å². The van der Waals surface area contributed by atoms with E-state index in [1.807, 2.05) is 0 Å². The Morgan fingerprint density at radius 2 is 0.412 bits per heavy atom. The van der Waals surface area contributed by atoms with Gasteiger partial charge in [0.1, 0.15) is 13.2 Å². The van der Waals surface area contributed by atoms with E-state index < -0.39 is 6.10 Å². The van der Waals surface area contributed by atoms with Gasteiger partial charge in [-0.2, -0.15) is 0 Å². The minimum absolute atomic E-state index is 0.0657. The standard InChI is InChI=1S/C74H142O6/c1-4-7-10-13-16-19-22-25-27-29-31-33-35-37-38-40-41-43-45-47-49-52-55-58-61-64-67-73(76)79-70-71(69-78-72(75)66-63-60-57-54-51-24-21-18-15-12-9-6-3)80-74(77)68-65-62-59-56-53-50-48-46-44-42-39-36-34-32-30-28-26-23-20-17-14-11-8-5-2/h18,21,71H,4-17,19-20,22-70H2,1-3H3/b21-18-. The number of rotatable bonds is 69. The lowest BCUT2D eigenvalue weighted by Gasteiger charge is -2.18. The molecule has 80 heavy (non-hydrogen) atoms. The molecule has 0 aromatic heterocycles.